The number of allylic oxidation sites excluding steroid dienone is 2. The molecule has 282 valence electrons. The highest BCUT2D eigenvalue weighted by molar-refractivity contribution is 5.82. The number of ether oxygens (including phenoxy) is 1. The molecule has 2 aromatic carbocycles. The van der Waals surface area contributed by atoms with Crippen LogP contribution in [-0.2, 0) is 40.9 Å². The van der Waals surface area contributed by atoms with Crippen LogP contribution in [-0.4, -0.2) is 22.7 Å². The fourth-order valence-corrected chi connectivity index (χ4v) is 14.1. The molecule has 0 amide bonds. The number of carbonyl (C=O) groups excluding carboxylic acids is 1. The minimum atomic E-state index is -0.502. The zero-order chi connectivity index (χ0) is 37.2. The summed E-state index contributed by atoms with van der Waals surface area (Å²) in [5, 5.41) is 11.7. The Kier molecular flexibility index (Phi) is 7.87. The SMILES string of the molecule is CC1(C)CC[C@]2(C(=O)OCc3ccccc3)CC[C@]3(C)C(=C(c4cccc5c4CCNC5)CC4[C@@]5(C)Cc6c(N)n[nH]c6C(C)(C)C5CC[C@]43C)C2C1. The van der Waals surface area contributed by atoms with Crippen LogP contribution in [0, 0.1) is 44.8 Å². The van der Waals surface area contributed by atoms with Gasteiger partial charge in [-0.1, -0.05) is 103 Å². The van der Waals surface area contributed by atoms with Crippen LogP contribution in [0.4, 0.5) is 5.82 Å². The van der Waals surface area contributed by atoms with Crippen molar-refractivity contribution >= 4 is 17.4 Å². The molecule has 6 aliphatic rings. The third-order valence-electron chi connectivity index (χ3n) is 17.1. The lowest BCUT2D eigenvalue weighted by molar-refractivity contribution is -0.181. The third-order valence-corrected chi connectivity index (χ3v) is 17.1. The van der Waals surface area contributed by atoms with Crippen molar-refractivity contribution in [2.75, 3.05) is 12.3 Å². The summed E-state index contributed by atoms with van der Waals surface area (Å²) < 4.78 is 6.43. The van der Waals surface area contributed by atoms with Gasteiger partial charge in [0.2, 0.25) is 0 Å². The van der Waals surface area contributed by atoms with Gasteiger partial charge in [0, 0.05) is 23.2 Å². The lowest BCUT2D eigenvalue weighted by atomic mass is 9.32. The van der Waals surface area contributed by atoms with Crippen LogP contribution >= 0.6 is 0 Å². The van der Waals surface area contributed by atoms with Gasteiger partial charge in [0.25, 0.3) is 0 Å². The number of fused-ring (bicyclic) bond motifs is 9. The first-order valence-corrected chi connectivity index (χ1v) is 20.7. The molecule has 53 heavy (non-hydrogen) atoms. The molecular formula is C47H62N4O2. The van der Waals surface area contributed by atoms with Gasteiger partial charge in [0.1, 0.15) is 12.4 Å². The van der Waals surface area contributed by atoms with Crippen molar-refractivity contribution in [3.8, 4) is 0 Å². The Hall–Kier alpha value is -3.38. The van der Waals surface area contributed by atoms with E-state index in [0.29, 0.717) is 24.3 Å². The smallest absolute Gasteiger partial charge is 0.313 e. The number of H-pyrrole nitrogens is 1. The number of nitrogen functional groups attached to an aromatic ring is 1. The predicted octanol–water partition coefficient (Wildman–Crippen LogP) is 9.72. The highest BCUT2D eigenvalue weighted by Crippen LogP contribution is 2.77. The number of nitrogens with zero attached hydrogens (tertiary/aromatic N) is 1. The number of esters is 1. The normalized spacial score (nSPS) is 36.5. The summed E-state index contributed by atoms with van der Waals surface area (Å²) in [6.07, 6.45) is 10.4. The van der Waals surface area contributed by atoms with Crippen LogP contribution in [0.5, 0.6) is 0 Å². The van der Waals surface area contributed by atoms with Crippen molar-refractivity contribution in [2.24, 2.45) is 44.8 Å². The Morgan fingerprint density at radius 2 is 1.68 bits per heavy atom. The number of anilines is 1. The quantitative estimate of drug-likeness (QED) is 0.234. The number of hydrogen-bond donors (Lipinski definition) is 3. The maximum absolute atomic E-state index is 14.9. The summed E-state index contributed by atoms with van der Waals surface area (Å²) in [4.78, 5) is 14.9. The Morgan fingerprint density at radius 3 is 2.47 bits per heavy atom. The lowest BCUT2D eigenvalue weighted by Crippen LogP contribution is -2.65. The number of nitrogens with one attached hydrogen (secondary N) is 2. The van der Waals surface area contributed by atoms with Crippen LogP contribution < -0.4 is 11.1 Å². The van der Waals surface area contributed by atoms with Crippen molar-refractivity contribution in [2.45, 2.75) is 131 Å². The summed E-state index contributed by atoms with van der Waals surface area (Å²) in [5.74, 6) is 1.86. The van der Waals surface area contributed by atoms with Gasteiger partial charge in [0.15, 0.2) is 0 Å². The summed E-state index contributed by atoms with van der Waals surface area (Å²) in [7, 11) is 0. The molecule has 2 heterocycles. The predicted molar refractivity (Wildman–Crippen MR) is 213 cm³/mol. The third kappa shape index (κ3) is 4.92. The van der Waals surface area contributed by atoms with Gasteiger partial charge in [-0.25, -0.2) is 0 Å². The summed E-state index contributed by atoms with van der Waals surface area (Å²) in [6.45, 7) is 20.0. The molecule has 3 saturated carbocycles. The minimum Gasteiger partial charge on any atom is -0.460 e. The number of aromatic nitrogens is 2. The van der Waals surface area contributed by atoms with Crippen LogP contribution in [0.3, 0.4) is 0 Å². The standard InChI is InChI=1S/C47H62N4O2/c1-42(2)19-21-47(41(52)53-28-29-12-9-8-10-13-29)22-20-46(7)38(35(47)26-42)33(32-15-11-14-30-27-49-23-17-31(30)32)24-37-44(5)25-34-39(50-51-40(34)48)43(3,4)36(44)16-18-45(37,46)6/h8-15,35-37,49H,16-28H2,1-7H3,(H3,48,50,51)/t35?,36?,37?,44-,45+,46+,47-/m0/s1. The van der Waals surface area contributed by atoms with Crippen molar-refractivity contribution in [3.63, 3.8) is 0 Å². The average Bonchev–Trinajstić information content (AvgIpc) is 3.50. The molecule has 3 aromatic rings. The molecule has 0 spiro atoms. The van der Waals surface area contributed by atoms with Gasteiger partial charge in [-0.05, 0) is 138 Å². The number of benzene rings is 2. The zero-order valence-electron chi connectivity index (χ0n) is 33.4. The lowest BCUT2D eigenvalue weighted by Gasteiger charge is -2.71. The maximum Gasteiger partial charge on any atom is 0.313 e. The second kappa shape index (κ2) is 11.8. The van der Waals surface area contributed by atoms with E-state index in [0.717, 1.165) is 70.0 Å². The molecular weight excluding hydrogens is 653 g/mol. The van der Waals surface area contributed by atoms with Gasteiger partial charge in [-0.15, -0.1) is 0 Å². The molecule has 0 saturated heterocycles. The Labute approximate surface area is 317 Å². The average molecular weight is 715 g/mol. The Balaban J connectivity index is 1.25. The molecule has 5 aliphatic carbocycles. The highest BCUT2D eigenvalue weighted by Gasteiger charge is 2.70. The monoisotopic (exact) mass is 714 g/mol. The summed E-state index contributed by atoms with van der Waals surface area (Å²) >= 11 is 0. The van der Waals surface area contributed by atoms with Crippen molar-refractivity contribution in [3.05, 3.63) is 87.6 Å². The number of hydrogen-bond acceptors (Lipinski definition) is 5. The second-order valence-corrected chi connectivity index (χ2v) is 20.4. The van der Waals surface area contributed by atoms with E-state index in [2.05, 4.69) is 94.3 Å². The van der Waals surface area contributed by atoms with E-state index in [4.69, 9.17) is 10.5 Å². The number of nitrogens with two attached hydrogens (primary N) is 1. The first-order valence-electron chi connectivity index (χ1n) is 20.7. The van der Waals surface area contributed by atoms with Crippen molar-refractivity contribution < 1.29 is 9.53 Å². The van der Waals surface area contributed by atoms with Gasteiger partial charge in [0.05, 0.1) is 5.41 Å². The molecule has 1 aromatic heterocycles. The van der Waals surface area contributed by atoms with Gasteiger partial charge in [-0.3, -0.25) is 9.89 Å². The number of carbonyl (C=O) groups is 1. The Morgan fingerprint density at radius 1 is 0.906 bits per heavy atom. The molecule has 6 heteroatoms. The van der Waals surface area contributed by atoms with Crippen LogP contribution in [0.15, 0.2) is 54.1 Å². The first-order chi connectivity index (χ1) is 25.1. The van der Waals surface area contributed by atoms with E-state index in [1.54, 1.807) is 11.1 Å². The van der Waals surface area contributed by atoms with E-state index in [1.165, 1.54) is 40.8 Å². The minimum absolute atomic E-state index is 0.0370. The molecule has 7 atom stereocenters. The fraction of sp³-hybridized carbons (Fsp3) is 0.617. The largest absolute Gasteiger partial charge is 0.460 e. The highest BCUT2D eigenvalue weighted by atomic mass is 16.5. The Bertz CT molecular complexity index is 1990. The van der Waals surface area contributed by atoms with E-state index >= 15 is 0 Å². The second-order valence-electron chi connectivity index (χ2n) is 20.4. The molecule has 3 fully saturated rings. The van der Waals surface area contributed by atoms with Crippen LogP contribution in [0.25, 0.3) is 5.57 Å². The van der Waals surface area contributed by atoms with Crippen molar-refractivity contribution in [1.82, 2.24) is 15.5 Å². The molecule has 6 nitrogen and oxygen atoms in total. The molecule has 0 radical (unpaired) electrons. The van der Waals surface area contributed by atoms with Gasteiger partial charge >= 0.3 is 5.97 Å². The van der Waals surface area contributed by atoms with E-state index in [9.17, 15) is 4.79 Å². The summed E-state index contributed by atoms with van der Waals surface area (Å²) in [6, 6.07) is 17.3. The van der Waals surface area contributed by atoms with Crippen LogP contribution in [0.1, 0.15) is 133 Å². The van der Waals surface area contributed by atoms with E-state index in [-0.39, 0.29) is 39.0 Å². The topological polar surface area (TPSA) is 93.0 Å². The maximum atomic E-state index is 14.9. The van der Waals surface area contributed by atoms with Gasteiger partial charge < -0.3 is 15.8 Å². The molecule has 9 rings (SSSR count). The van der Waals surface area contributed by atoms with E-state index in [1.807, 2.05) is 18.2 Å². The van der Waals surface area contributed by atoms with Gasteiger partial charge in [-0.2, -0.15) is 5.10 Å². The van der Waals surface area contributed by atoms with E-state index < -0.39 is 5.41 Å². The van der Waals surface area contributed by atoms with Crippen LogP contribution in [0.2, 0.25) is 0 Å². The molecule has 0 bridgehead atoms. The number of rotatable bonds is 4. The molecule has 4 N–H and O–H groups in total. The fourth-order valence-electron chi connectivity index (χ4n) is 14.1. The van der Waals surface area contributed by atoms with Crippen molar-refractivity contribution in [1.29, 1.82) is 0 Å². The molecule has 1 aliphatic heterocycles. The number of aromatic amines is 1. The first kappa shape index (κ1) is 35.3. The summed E-state index contributed by atoms with van der Waals surface area (Å²) in [5.41, 5.74) is 17.5. The molecule has 3 unspecified atom stereocenters. The zero-order valence-corrected chi connectivity index (χ0v) is 33.4.